The highest BCUT2D eigenvalue weighted by molar-refractivity contribution is 5.37. The van der Waals surface area contributed by atoms with Crippen molar-refractivity contribution >= 4 is 11.9 Å². The molecule has 0 saturated carbocycles. The van der Waals surface area contributed by atoms with Crippen LogP contribution in [0.1, 0.15) is 24.8 Å². The molecule has 2 aromatic rings. The number of rotatable bonds is 3. The minimum atomic E-state index is 0.188. The van der Waals surface area contributed by atoms with E-state index in [2.05, 4.69) is 19.9 Å². The van der Waals surface area contributed by atoms with Crippen LogP contribution in [0.2, 0.25) is 0 Å². The lowest BCUT2D eigenvalue weighted by Crippen LogP contribution is -2.31. The topological polar surface area (TPSA) is 77.2 Å². The van der Waals surface area contributed by atoms with Crippen molar-refractivity contribution in [2.24, 2.45) is 0 Å². The Bertz CT molecular complexity index is 625. The van der Waals surface area contributed by atoms with Gasteiger partial charge in [0.2, 0.25) is 11.9 Å². The first-order chi connectivity index (χ1) is 10.2. The second kappa shape index (κ2) is 5.95. The molecule has 0 atom stereocenters. The fraction of sp³-hybridized carbons (Fsp3) is 0.400. The Morgan fingerprint density at radius 3 is 2.67 bits per heavy atom. The number of ether oxygens (including phenoxy) is 1. The molecular weight excluding hydrogens is 266 g/mol. The molecule has 2 N–H and O–H groups in total. The number of aryl methyl sites for hydroxylation is 1. The second-order valence-electron chi connectivity index (χ2n) is 5.24. The van der Waals surface area contributed by atoms with E-state index in [1.54, 1.807) is 0 Å². The van der Waals surface area contributed by atoms with Gasteiger partial charge in [-0.3, -0.25) is 0 Å². The molecule has 1 fully saturated rings. The van der Waals surface area contributed by atoms with Crippen molar-refractivity contribution < 1.29 is 4.74 Å². The SMILES string of the molecule is Cc1cccc(Oc2nc(N)nc(N3CCCCC3)n2)c1. The summed E-state index contributed by atoms with van der Waals surface area (Å²) < 4.78 is 5.70. The largest absolute Gasteiger partial charge is 0.424 e. The molecule has 6 nitrogen and oxygen atoms in total. The van der Waals surface area contributed by atoms with E-state index in [0.29, 0.717) is 11.7 Å². The van der Waals surface area contributed by atoms with Crippen LogP contribution in [0, 0.1) is 6.92 Å². The van der Waals surface area contributed by atoms with Gasteiger partial charge in [0.1, 0.15) is 5.75 Å². The molecular formula is C15H19N5O. The molecule has 1 aromatic carbocycles. The summed E-state index contributed by atoms with van der Waals surface area (Å²) in [6.45, 7) is 3.91. The van der Waals surface area contributed by atoms with Crippen LogP contribution in [-0.4, -0.2) is 28.0 Å². The molecule has 21 heavy (non-hydrogen) atoms. The first-order valence-electron chi connectivity index (χ1n) is 7.22. The molecule has 0 radical (unpaired) electrons. The number of benzene rings is 1. The van der Waals surface area contributed by atoms with Crippen LogP contribution in [0.25, 0.3) is 0 Å². The van der Waals surface area contributed by atoms with E-state index < -0.39 is 0 Å². The van der Waals surface area contributed by atoms with Gasteiger partial charge in [0, 0.05) is 13.1 Å². The molecule has 0 bridgehead atoms. The number of nitrogens with zero attached hydrogens (tertiary/aromatic N) is 4. The average molecular weight is 285 g/mol. The number of nitrogens with two attached hydrogens (primary N) is 1. The van der Waals surface area contributed by atoms with E-state index in [9.17, 15) is 0 Å². The van der Waals surface area contributed by atoms with Gasteiger partial charge >= 0.3 is 6.01 Å². The molecule has 6 heteroatoms. The summed E-state index contributed by atoms with van der Waals surface area (Å²) in [5, 5.41) is 0. The molecule has 0 aliphatic carbocycles. The van der Waals surface area contributed by atoms with Gasteiger partial charge in [-0.1, -0.05) is 12.1 Å². The summed E-state index contributed by atoms with van der Waals surface area (Å²) in [7, 11) is 0. The maximum atomic E-state index is 5.78. The van der Waals surface area contributed by atoms with Crippen molar-refractivity contribution in [3.05, 3.63) is 29.8 Å². The van der Waals surface area contributed by atoms with Gasteiger partial charge in [0.05, 0.1) is 0 Å². The maximum absolute atomic E-state index is 5.78. The zero-order chi connectivity index (χ0) is 14.7. The minimum Gasteiger partial charge on any atom is -0.424 e. The van der Waals surface area contributed by atoms with Crippen molar-refractivity contribution in [3.8, 4) is 11.8 Å². The smallest absolute Gasteiger partial charge is 0.328 e. The van der Waals surface area contributed by atoms with E-state index in [4.69, 9.17) is 10.5 Å². The van der Waals surface area contributed by atoms with Crippen molar-refractivity contribution in [3.63, 3.8) is 0 Å². The van der Waals surface area contributed by atoms with Crippen LogP contribution in [-0.2, 0) is 0 Å². The lowest BCUT2D eigenvalue weighted by atomic mass is 10.1. The van der Waals surface area contributed by atoms with Crippen molar-refractivity contribution in [1.82, 2.24) is 15.0 Å². The Morgan fingerprint density at radius 2 is 1.90 bits per heavy atom. The van der Waals surface area contributed by atoms with E-state index in [1.165, 1.54) is 6.42 Å². The highest BCUT2D eigenvalue weighted by atomic mass is 16.5. The van der Waals surface area contributed by atoms with Gasteiger partial charge in [-0.05, 0) is 43.9 Å². The molecule has 1 saturated heterocycles. The van der Waals surface area contributed by atoms with Crippen LogP contribution < -0.4 is 15.4 Å². The van der Waals surface area contributed by atoms with Crippen LogP contribution in [0.15, 0.2) is 24.3 Å². The first kappa shape index (κ1) is 13.6. The number of nitrogen functional groups attached to an aromatic ring is 1. The maximum Gasteiger partial charge on any atom is 0.328 e. The molecule has 110 valence electrons. The predicted molar refractivity (Wildman–Crippen MR) is 81.6 cm³/mol. The quantitative estimate of drug-likeness (QED) is 0.933. The van der Waals surface area contributed by atoms with Crippen LogP contribution in [0.5, 0.6) is 11.8 Å². The highest BCUT2D eigenvalue weighted by Gasteiger charge is 2.16. The van der Waals surface area contributed by atoms with Gasteiger partial charge in [-0.2, -0.15) is 15.0 Å². The fourth-order valence-electron chi connectivity index (χ4n) is 2.43. The first-order valence-corrected chi connectivity index (χ1v) is 7.22. The normalized spacial score (nSPS) is 15.0. The Hall–Kier alpha value is -2.37. The van der Waals surface area contributed by atoms with E-state index in [0.717, 1.165) is 31.5 Å². The summed E-state index contributed by atoms with van der Waals surface area (Å²) in [5.74, 6) is 1.49. The summed E-state index contributed by atoms with van der Waals surface area (Å²) >= 11 is 0. The molecule has 0 spiro atoms. The molecule has 0 unspecified atom stereocenters. The number of piperidine rings is 1. The fourth-order valence-corrected chi connectivity index (χ4v) is 2.43. The third kappa shape index (κ3) is 3.39. The number of anilines is 2. The molecule has 1 aliphatic rings. The third-order valence-corrected chi connectivity index (χ3v) is 3.46. The Kier molecular flexibility index (Phi) is 3.85. The summed E-state index contributed by atoms with van der Waals surface area (Å²) in [6.07, 6.45) is 3.56. The predicted octanol–water partition coefficient (Wildman–Crippen LogP) is 2.54. The number of hydrogen-bond donors (Lipinski definition) is 1. The Labute approximate surface area is 124 Å². The van der Waals surface area contributed by atoms with Crippen LogP contribution in [0.4, 0.5) is 11.9 Å². The summed E-state index contributed by atoms with van der Waals surface area (Å²) in [5.41, 5.74) is 6.90. The monoisotopic (exact) mass is 285 g/mol. The third-order valence-electron chi connectivity index (χ3n) is 3.46. The molecule has 0 amide bonds. The van der Waals surface area contributed by atoms with Gasteiger partial charge in [0.15, 0.2) is 0 Å². The van der Waals surface area contributed by atoms with Crippen molar-refractivity contribution in [2.45, 2.75) is 26.2 Å². The zero-order valence-corrected chi connectivity index (χ0v) is 12.1. The van der Waals surface area contributed by atoms with E-state index >= 15 is 0 Å². The van der Waals surface area contributed by atoms with Gasteiger partial charge in [-0.15, -0.1) is 0 Å². The zero-order valence-electron chi connectivity index (χ0n) is 12.1. The van der Waals surface area contributed by atoms with E-state index in [1.807, 2.05) is 31.2 Å². The molecule has 2 heterocycles. The minimum absolute atomic E-state index is 0.188. The van der Waals surface area contributed by atoms with Crippen LogP contribution in [0.3, 0.4) is 0 Å². The molecule has 1 aliphatic heterocycles. The Balaban J connectivity index is 1.83. The van der Waals surface area contributed by atoms with E-state index in [-0.39, 0.29) is 12.0 Å². The second-order valence-corrected chi connectivity index (χ2v) is 5.24. The van der Waals surface area contributed by atoms with Gasteiger partial charge < -0.3 is 15.4 Å². The van der Waals surface area contributed by atoms with Crippen LogP contribution >= 0.6 is 0 Å². The average Bonchev–Trinajstić information content (AvgIpc) is 2.47. The highest BCUT2D eigenvalue weighted by Crippen LogP contribution is 2.22. The molecule has 1 aromatic heterocycles. The summed E-state index contributed by atoms with van der Waals surface area (Å²) in [4.78, 5) is 14.8. The number of aromatic nitrogens is 3. The summed E-state index contributed by atoms with van der Waals surface area (Å²) in [6, 6.07) is 7.98. The van der Waals surface area contributed by atoms with Crippen molar-refractivity contribution in [2.75, 3.05) is 23.7 Å². The van der Waals surface area contributed by atoms with Gasteiger partial charge in [-0.25, -0.2) is 0 Å². The standard InChI is InChI=1S/C15H19N5O/c1-11-6-5-7-12(10-11)21-15-18-13(16)17-14(19-15)20-8-3-2-4-9-20/h5-7,10H,2-4,8-9H2,1H3,(H2,16,17,18,19). The van der Waals surface area contributed by atoms with Gasteiger partial charge in [0.25, 0.3) is 0 Å². The lowest BCUT2D eigenvalue weighted by molar-refractivity contribution is 0.438. The number of hydrogen-bond acceptors (Lipinski definition) is 6. The van der Waals surface area contributed by atoms with Crippen molar-refractivity contribution in [1.29, 1.82) is 0 Å². The lowest BCUT2D eigenvalue weighted by Gasteiger charge is -2.26. The molecule has 3 rings (SSSR count). The Morgan fingerprint density at radius 1 is 1.10 bits per heavy atom.